The van der Waals surface area contributed by atoms with Gasteiger partial charge in [0.05, 0.1) is 0 Å². The summed E-state index contributed by atoms with van der Waals surface area (Å²) in [6, 6.07) is 0. The average Bonchev–Trinajstić information content (AvgIpc) is 1.66. The van der Waals surface area contributed by atoms with Crippen LogP contribution in [0.2, 0.25) is 0 Å². The quantitative estimate of drug-likeness (QED) is 0.425. The third-order valence-electron chi connectivity index (χ3n) is 0.542. The molecule has 0 heterocycles. The molecule has 0 unspecified atom stereocenters. The predicted molar refractivity (Wildman–Crippen MR) is 31.6 cm³/mol. The number of hydrogen-bond acceptors (Lipinski definition) is 1. The van der Waals surface area contributed by atoms with Crippen LogP contribution in [0.3, 0.4) is 0 Å². The van der Waals surface area contributed by atoms with E-state index in [4.69, 9.17) is 5.11 Å². The number of carbonyl (C=O) groups is 1. The first kappa shape index (κ1) is 11.4. The largest absolute Gasteiger partial charge is 0.478 e. The van der Waals surface area contributed by atoms with Crippen LogP contribution < -0.4 is 0 Å². The second kappa shape index (κ2) is 7.57. The zero-order valence-electron chi connectivity index (χ0n) is 5.02. The van der Waals surface area contributed by atoms with Crippen molar-refractivity contribution in [1.82, 2.24) is 0 Å². The summed E-state index contributed by atoms with van der Waals surface area (Å²) in [6.07, 6.45) is 5.98. The third kappa shape index (κ3) is 11.2. The Balaban J connectivity index is 0. The van der Waals surface area contributed by atoms with Crippen molar-refractivity contribution in [3.8, 4) is 0 Å². The van der Waals surface area contributed by atoms with E-state index < -0.39 is 5.97 Å². The first-order valence-corrected chi connectivity index (χ1v) is 2.29. The molecule has 0 saturated heterocycles. The van der Waals surface area contributed by atoms with Crippen LogP contribution >= 0.6 is 0 Å². The van der Waals surface area contributed by atoms with Crippen LogP contribution in [0.5, 0.6) is 0 Å². The van der Waals surface area contributed by atoms with Crippen molar-refractivity contribution in [3.05, 3.63) is 24.3 Å². The molecule has 0 aliphatic rings. The maximum absolute atomic E-state index is 9.75. The summed E-state index contributed by atoms with van der Waals surface area (Å²) in [5.74, 6) is -0.914. The van der Waals surface area contributed by atoms with E-state index in [1.165, 1.54) is 6.08 Å². The molecule has 2 nitrogen and oxygen atoms in total. The molecule has 1 N–H and O–H groups in total. The summed E-state index contributed by atoms with van der Waals surface area (Å²) in [6.45, 7) is 1.83. The van der Waals surface area contributed by atoms with Gasteiger partial charge in [-0.05, 0) is 6.92 Å². The van der Waals surface area contributed by atoms with Crippen LogP contribution in [-0.2, 0) is 24.3 Å². The Morgan fingerprint density at radius 3 is 2.33 bits per heavy atom. The van der Waals surface area contributed by atoms with E-state index in [-0.39, 0.29) is 19.5 Å². The van der Waals surface area contributed by atoms with Gasteiger partial charge in [0.1, 0.15) is 0 Å². The summed E-state index contributed by atoms with van der Waals surface area (Å²) in [5, 5.41) is 8.02. The van der Waals surface area contributed by atoms with E-state index in [9.17, 15) is 4.79 Å². The van der Waals surface area contributed by atoms with Crippen LogP contribution in [0.25, 0.3) is 0 Å². The molecule has 0 fully saturated rings. The van der Waals surface area contributed by atoms with Gasteiger partial charge < -0.3 is 5.11 Å². The molecule has 0 bridgehead atoms. The minimum atomic E-state index is -0.914. The van der Waals surface area contributed by atoms with Gasteiger partial charge in [0, 0.05) is 25.6 Å². The Morgan fingerprint density at radius 2 is 2.00 bits per heavy atom. The van der Waals surface area contributed by atoms with Crippen molar-refractivity contribution in [3.63, 3.8) is 0 Å². The number of carboxylic acid groups (broad SMARTS) is 1. The molecule has 0 aromatic carbocycles. The number of hydrogen-bond donors (Lipinski definition) is 1. The third-order valence-corrected chi connectivity index (χ3v) is 0.542. The molecule has 0 radical (unpaired) electrons. The second-order valence-electron chi connectivity index (χ2n) is 1.22. The van der Waals surface area contributed by atoms with E-state index in [2.05, 4.69) is 0 Å². The van der Waals surface area contributed by atoms with Gasteiger partial charge in [-0.25, -0.2) is 4.79 Å². The molecule has 3 heteroatoms. The molecule has 52 valence electrons. The summed E-state index contributed by atoms with van der Waals surface area (Å²) < 4.78 is 0. The standard InChI is InChI=1S/C6H8O2.Ru/c1-2-3-4-5-6(7)8;/h2-5H,1H3,(H,7,8);. The van der Waals surface area contributed by atoms with Crippen LogP contribution in [0, 0.1) is 0 Å². The van der Waals surface area contributed by atoms with E-state index in [1.807, 2.05) is 6.92 Å². The predicted octanol–water partition coefficient (Wildman–Crippen LogP) is 1.20. The fraction of sp³-hybridized carbons (Fsp3) is 0.167. The van der Waals surface area contributed by atoms with E-state index in [1.54, 1.807) is 12.2 Å². The summed E-state index contributed by atoms with van der Waals surface area (Å²) in [4.78, 5) is 9.75. The van der Waals surface area contributed by atoms with Gasteiger partial charge >= 0.3 is 5.97 Å². The van der Waals surface area contributed by atoms with Crippen molar-refractivity contribution >= 4 is 5.97 Å². The van der Waals surface area contributed by atoms with Gasteiger partial charge in [-0.3, -0.25) is 0 Å². The van der Waals surface area contributed by atoms with Crippen molar-refractivity contribution in [2.75, 3.05) is 0 Å². The molecule has 0 aromatic rings. The van der Waals surface area contributed by atoms with E-state index in [0.29, 0.717) is 0 Å². The van der Waals surface area contributed by atoms with Crippen LogP contribution in [0.1, 0.15) is 6.92 Å². The van der Waals surface area contributed by atoms with Gasteiger partial charge in [-0.2, -0.15) is 0 Å². The molecule has 0 amide bonds. The molecule has 0 aliphatic carbocycles. The Bertz CT molecular complexity index is 127. The summed E-state index contributed by atoms with van der Waals surface area (Å²) in [5.41, 5.74) is 0. The first-order valence-electron chi connectivity index (χ1n) is 2.29. The molecular formula is C6H8O2Ru. The van der Waals surface area contributed by atoms with Gasteiger partial charge in [0.15, 0.2) is 0 Å². The van der Waals surface area contributed by atoms with Crippen molar-refractivity contribution in [2.24, 2.45) is 0 Å². The van der Waals surface area contributed by atoms with Gasteiger partial charge in [-0.15, -0.1) is 0 Å². The van der Waals surface area contributed by atoms with E-state index >= 15 is 0 Å². The molecule has 0 spiro atoms. The Kier molecular flexibility index (Phi) is 9.58. The maximum Gasteiger partial charge on any atom is 0.328 e. The van der Waals surface area contributed by atoms with Crippen LogP contribution in [-0.4, -0.2) is 11.1 Å². The Morgan fingerprint density at radius 1 is 1.44 bits per heavy atom. The summed E-state index contributed by atoms with van der Waals surface area (Å²) >= 11 is 0. The maximum atomic E-state index is 9.75. The topological polar surface area (TPSA) is 37.3 Å². The van der Waals surface area contributed by atoms with Crippen molar-refractivity contribution in [1.29, 1.82) is 0 Å². The van der Waals surface area contributed by atoms with Crippen molar-refractivity contribution < 1.29 is 29.4 Å². The Labute approximate surface area is 67.0 Å². The minimum Gasteiger partial charge on any atom is -0.478 e. The van der Waals surface area contributed by atoms with Crippen molar-refractivity contribution in [2.45, 2.75) is 6.92 Å². The second-order valence-corrected chi connectivity index (χ2v) is 1.22. The number of aliphatic carboxylic acids is 1. The first-order chi connectivity index (χ1) is 3.77. The number of rotatable bonds is 2. The molecule has 9 heavy (non-hydrogen) atoms. The zero-order valence-corrected chi connectivity index (χ0v) is 6.76. The molecule has 0 saturated carbocycles. The molecular weight excluding hydrogens is 205 g/mol. The van der Waals surface area contributed by atoms with Gasteiger partial charge in [0.25, 0.3) is 0 Å². The molecule has 0 aliphatic heterocycles. The fourth-order valence-electron chi connectivity index (χ4n) is 0.249. The zero-order chi connectivity index (χ0) is 6.41. The smallest absolute Gasteiger partial charge is 0.328 e. The van der Waals surface area contributed by atoms with Gasteiger partial charge in [0.2, 0.25) is 0 Å². The molecule has 0 aromatic heterocycles. The molecule has 0 rings (SSSR count). The number of carboxylic acids is 1. The summed E-state index contributed by atoms with van der Waals surface area (Å²) in [7, 11) is 0. The van der Waals surface area contributed by atoms with Crippen LogP contribution in [0.4, 0.5) is 0 Å². The Hall–Kier alpha value is -0.427. The van der Waals surface area contributed by atoms with Crippen LogP contribution in [0.15, 0.2) is 24.3 Å². The monoisotopic (exact) mass is 214 g/mol. The van der Waals surface area contributed by atoms with Gasteiger partial charge in [-0.1, -0.05) is 18.2 Å². The SMILES string of the molecule is CC=CC=CC(=O)O.[Ru]. The average molecular weight is 213 g/mol. The molecule has 0 atom stereocenters. The normalized spacial score (nSPS) is 9.89. The van der Waals surface area contributed by atoms with E-state index in [0.717, 1.165) is 6.08 Å². The minimum absolute atomic E-state index is 0. The fourth-order valence-corrected chi connectivity index (χ4v) is 0.249. The number of allylic oxidation sites excluding steroid dienone is 3.